The molecule has 0 atom stereocenters. The molecule has 0 spiro atoms. The van der Waals surface area contributed by atoms with Gasteiger partial charge in [-0.2, -0.15) is 0 Å². The highest BCUT2D eigenvalue weighted by atomic mass is 35.5. The van der Waals surface area contributed by atoms with Gasteiger partial charge in [0.15, 0.2) is 0 Å². The highest BCUT2D eigenvalue weighted by Gasteiger charge is 2.10. The number of benzene rings is 2. The van der Waals surface area contributed by atoms with Crippen LogP contribution >= 0.6 is 11.6 Å². The molecular weight excluding hydrogens is 276 g/mol. The van der Waals surface area contributed by atoms with Crippen molar-refractivity contribution in [2.45, 2.75) is 13.5 Å². The van der Waals surface area contributed by atoms with Gasteiger partial charge in [0.25, 0.3) is 5.91 Å². The summed E-state index contributed by atoms with van der Waals surface area (Å²) in [5.74, 6) is 5.41. The molecule has 0 fully saturated rings. The lowest BCUT2D eigenvalue weighted by Crippen LogP contribution is -2.30. The molecule has 2 aromatic carbocycles. The molecule has 0 bridgehead atoms. The largest absolute Gasteiger partial charge is 0.487 e. The maximum Gasteiger partial charge on any atom is 0.265 e. The van der Waals surface area contributed by atoms with Gasteiger partial charge in [-0.05, 0) is 30.7 Å². The molecule has 0 saturated carbocycles. The van der Waals surface area contributed by atoms with E-state index in [1.807, 2.05) is 31.2 Å². The van der Waals surface area contributed by atoms with Gasteiger partial charge in [-0.15, -0.1) is 0 Å². The fourth-order valence-electron chi connectivity index (χ4n) is 1.82. The molecule has 0 aliphatic carbocycles. The molecule has 0 heterocycles. The van der Waals surface area contributed by atoms with Crippen LogP contribution in [-0.4, -0.2) is 5.91 Å². The Morgan fingerprint density at radius 3 is 2.80 bits per heavy atom. The van der Waals surface area contributed by atoms with Crippen molar-refractivity contribution in [1.82, 2.24) is 5.43 Å². The second-order valence-corrected chi connectivity index (χ2v) is 4.76. The minimum Gasteiger partial charge on any atom is -0.487 e. The minimum absolute atomic E-state index is 0.243. The smallest absolute Gasteiger partial charge is 0.265 e. The molecule has 5 heteroatoms. The monoisotopic (exact) mass is 290 g/mol. The quantitative estimate of drug-likeness (QED) is 0.517. The van der Waals surface area contributed by atoms with Crippen LogP contribution in [0.5, 0.6) is 5.75 Å². The van der Waals surface area contributed by atoms with E-state index in [1.54, 1.807) is 18.2 Å². The van der Waals surface area contributed by atoms with Crippen molar-refractivity contribution in [1.29, 1.82) is 0 Å². The third kappa shape index (κ3) is 3.29. The summed E-state index contributed by atoms with van der Waals surface area (Å²) in [5, 5.41) is 0.538. The molecule has 2 aromatic rings. The summed E-state index contributed by atoms with van der Waals surface area (Å²) in [4.78, 5) is 11.6. The number of hydrogen-bond acceptors (Lipinski definition) is 3. The molecule has 0 radical (unpaired) electrons. The summed E-state index contributed by atoms with van der Waals surface area (Å²) in [6, 6.07) is 12.7. The number of amides is 1. The van der Waals surface area contributed by atoms with Crippen LogP contribution in [0.15, 0.2) is 42.5 Å². The molecule has 0 aliphatic rings. The summed E-state index contributed by atoms with van der Waals surface area (Å²) in [5.41, 5.74) is 4.40. The number of ether oxygens (including phenoxy) is 1. The maximum absolute atomic E-state index is 11.6. The van der Waals surface area contributed by atoms with E-state index in [0.717, 1.165) is 11.1 Å². The fraction of sp³-hybridized carbons (Fsp3) is 0.133. The third-order valence-electron chi connectivity index (χ3n) is 2.86. The second-order valence-electron chi connectivity index (χ2n) is 4.35. The first-order valence-corrected chi connectivity index (χ1v) is 6.47. The Bertz CT molecular complexity index is 629. The van der Waals surface area contributed by atoms with Gasteiger partial charge >= 0.3 is 0 Å². The minimum atomic E-state index is -0.348. The molecule has 0 saturated heterocycles. The Morgan fingerprint density at radius 2 is 2.05 bits per heavy atom. The summed E-state index contributed by atoms with van der Waals surface area (Å²) < 4.78 is 5.69. The zero-order valence-electron chi connectivity index (χ0n) is 11.0. The number of halogens is 1. The first-order chi connectivity index (χ1) is 9.61. The average Bonchev–Trinajstić information content (AvgIpc) is 2.47. The second kappa shape index (κ2) is 6.41. The van der Waals surface area contributed by atoms with E-state index in [4.69, 9.17) is 22.2 Å². The van der Waals surface area contributed by atoms with E-state index in [9.17, 15) is 4.79 Å². The summed E-state index contributed by atoms with van der Waals surface area (Å²) in [6.07, 6.45) is 0. The SMILES string of the molecule is Cc1ccc(Cl)c(OCc2ccccc2C(=O)NN)c1. The van der Waals surface area contributed by atoms with Crippen LogP contribution in [0.1, 0.15) is 21.5 Å². The number of nitrogens with one attached hydrogen (secondary N) is 1. The first kappa shape index (κ1) is 14.4. The number of nitrogens with two attached hydrogens (primary N) is 1. The van der Waals surface area contributed by atoms with Crippen LogP contribution in [0.2, 0.25) is 5.02 Å². The molecule has 3 N–H and O–H groups in total. The summed E-state index contributed by atoms with van der Waals surface area (Å²) in [7, 11) is 0. The molecule has 2 rings (SSSR count). The molecule has 1 amide bonds. The molecule has 4 nitrogen and oxygen atoms in total. The van der Waals surface area contributed by atoms with Gasteiger partial charge in [0.05, 0.1) is 5.02 Å². The molecule has 0 unspecified atom stereocenters. The fourth-order valence-corrected chi connectivity index (χ4v) is 1.99. The molecule has 104 valence electrons. The molecule has 20 heavy (non-hydrogen) atoms. The predicted molar refractivity (Wildman–Crippen MR) is 78.6 cm³/mol. The number of rotatable bonds is 4. The van der Waals surface area contributed by atoms with Gasteiger partial charge in [0, 0.05) is 11.1 Å². The van der Waals surface area contributed by atoms with Crippen LogP contribution in [-0.2, 0) is 6.61 Å². The predicted octanol–water partition coefficient (Wildman–Crippen LogP) is 2.83. The van der Waals surface area contributed by atoms with E-state index in [1.165, 1.54) is 0 Å². The Hall–Kier alpha value is -2.04. The van der Waals surface area contributed by atoms with Crippen LogP contribution in [0.25, 0.3) is 0 Å². The van der Waals surface area contributed by atoms with E-state index in [0.29, 0.717) is 16.3 Å². The zero-order valence-corrected chi connectivity index (χ0v) is 11.8. The number of hydrogen-bond donors (Lipinski definition) is 2. The number of carbonyl (C=O) groups excluding carboxylic acids is 1. The number of hydrazine groups is 1. The Balaban J connectivity index is 2.19. The zero-order chi connectivity index (χ0) is 14.5. The highest BCUT2D eigenvalue weighted by molar-refractivity contribution is 6.32. The van der Waals surface area contributed by atoms with E-state index < -0.39 is 0 Å². The van der Waals surface area contributed by atoms with Crippen LogP contribution in [0.3, 0.4) is 0 Å². The van der Waals surface area contributed by atoms with Crippen molar-refractivity contribution < 1.29 is 9.53 Å². The Kier molecular flexibility index (Phi) is 4.61. The van der Waals surface area contributed by atoms with Crippen molar-refractivity contribution in [3.05, 3.63) is 64.2 Å². The van der Waals surface area contributed by atoms with Gasteiger partial charge in [-0.3, -0.25) is 10.2 Å². The van der Waals surface area contributed by atoms with Crippen LogP contribution in [0, 0.1) is 6.92 Å². The lowest BCUT2D eigenvalue weighted by Gasteiger charge is -2.11. The van der Waals surface area contributed by atoms with Gasteiger partial charge in [0.1, 0.15) is 12.4 Å². The van der Waals surface area contributed by atoms with Crippen LogP contribution in [0.4, 0.5) is 0 Å². The molecule has 0 aliphatic heterocycles. The summed E-state index contributed by atoms with van der Waals surface area (Å²) in [6.45, 7) is 2.20. The number of nitrogen functional groups attached to an aromatic ring is 1. The molecular formula is C15H15ClN2O2. The standard InChI is InChI=1S/C15H15ClN2O2/c1-10-6-7-13(16)14(8-10)20-9-11-4-2-3-5-12(11)15(19)18-17/h2-8H,9,17H2,1H3,(H,18,19). The van der Waals surface area contributed by atoms with Gasteiger partial charge in [-0.25, -0.2) is 5.84 Å². The maximum atomic E-state index is 11.6. The average molecular weight is 291 g/mol. The van der Waals surface area contributed by atoms with Crippen LogP contribution < -0.4 is 16.0 Å². The van der Waals surface area contributed by atoms with Gasteiger partial charge in [0.2, 0.25) is 0 Å². The van der Waals surface area contributed by atoms with Crippen molar-refractivity contribution >= 4 is 17.5 Å². The van der Waals surface area contributed by atoms with E-state index >= 15 is 0 Å². The van der Waals surface area contributed by atoms with Crippen molar-refractivity contribution in [3.63, 3.8) is 0 Å². The number of aryl methyl sites for hydroxylation is 1. The van der Waals surface area contributed by atoms with Crippen molar-refractivity contribution in [2.24, 2.45) is 5.84 Å². The topological polar surface area (TPSA) is 64.3 Å². The Labute approximate surface area is 122 Å². The van der Waals surface area contributed by atoms with Crippen molar-refractivity contribution in [2.75, 3.05) is 0 Å². The lowest BCUT2D eigenvalue weighted by molar-refractivity contribution is 0.0951. The number of carbonyl (C=O) groups is 1. The van der Waals surface area contributed by atoms with E-state index in [2.05, 4.69) is 5.43 Å². The first-order valence-electron chi connectivity index (χ1n) is 6.09. The third-order valence-corrected chi connectivity index (χ3v) is 3.18. The van der Waals surface area contributed by atoms with Gasteiger partial charge in [-0.1, -0.05) is 35.9 Å². The van der Waals surface area contributed by atoms with Crippen molar-refractivity contribution in [3.8, 4) is 5.75 Å². The highest BCUT2D eigenvalue weighted by Crippen LogP contribution is 2.26. The Morgan fingerprint density at radius 1 is 1.30 bits per heavy atom. The van der Waals surface area contributed by atoms with E-state index in [-0.39, 0.29) is 12.5 Å². The molecule has 0 aromatic heterocycles. The normalized spacial score (nSPS) is 10.2. The van der Waals surface area contributed by atoms with Gasteiger partial charge < -0.3 is 4.74 Å². The summed E-state index contributed by atoms with van der Waals surface area (Å²) >= 11 is 6.07. The lowest BCUT2D eigenvalue weighted by atomic mass is 10.1.